The summed E-state index contributed by atoms with van der Waals surface area (Å²) in [5, 5.41) is 7.74. The van der Waals surface area contributed by atoms with E-state index in [1.807, 2.05) is 12.1 Å². The molecule has 1 aromatic carbocycles. The molecule has 1 saturated heterocycles. The molecule has 1 aromatic rings. The minimum atomic E-state index is 0.791. The van der Waals surface area contributed by atoms with Crippen molar-refractivity contribution >= 4 is 17.3 Å². The Morgan fingerprint density at radius 1 is 1.38 bits per heavy atom. The number of hydrogen-bond donors (Lipinski definition) is 2. The van der Waals surface area contributed by atoms with Crippen LogP contribution in [0.3, 0.4) is 0 Å². The van der Waals surface area contributed by atoms with Crippen LogP contribution < -0.4 is 10.6 Å². The third kappa shape index (κ3) is 2.89. The van der Waals surface area contributed by atoms with Crippen LogP contribution in [0.25, 0.3) is 0 Å². The van der Waals surface area contributed by atoms with E-state index in [9.17, 15) is 0 Å². The third-order valence-corrected chi connectivity index (χ3v) is 3.72. The first kappa shape index (κ1) is 11.7. The molecular weight excluding hydrogens is 220 g/mol. The van der Waals surface area contributed by atoms with Gasteiger partial charge in [0.2, 0.25) is 0 Å². The number of halogens is 1. The van der Waals surface area contributed by atoms with E-state index in [4.69, 9.17) is 11.6 Å². The fourth-order valence-corrected chi connectivity index (χ4v) is 2.31. The van der Waals surface area contributed by atoms with E-state index in [2.05, 4.69) is 23.6 Å². The van der Waals surface area contributed by atoms with Crippen molar-refractivity contribution in [3.63, 3.8) is 0 Å². The first-order chi connectivity index (χ1) is 7.77. The highest BCUT2D eigenvalue weighted by molar-refractivity contribution is 6.31. The molecule has 1 aliphatic heterocycles. The minimum absolute atomic E-state index is 0.791. The SMILES string of the molecule is Cc1c(Cl)cccc1NCC1CCNCC1. The highest BCUT2D eigenvalue weighted by Gasteiger charge is 2.12. The summed E-state index contributed by atoms with van der Waals surface area (Å²) in [5.41, 5.74) is 2.32. The molecule has 0 aliphatic carbocycles. The normalized spacial score (nSPS) is 17.4. The topological polar surface area (TPSA) is 24.1 Å². The summed E-state index contributed by atoms with van der Waals surface area (Å²) in [7, 11) is 0. The number of hydrogen-bond acceptors (Lipinski definition) is 2. The monoisotopic (exact) mass is 238 g/mol. The van der Waals surface area contributed by atoms with Gasteiger partial charge in [-0.05, 0) is 56.5 Å². The molecule has 0 bridgehead atoms. The van der Waals surface area contributed by atoms with Crippen molar-refractivity contribution in [3.8, 4) is 0 Å². The summed E-state index contributed by atoms with van der Waals surface area (Å²) >= 11 is 6.09. The maximum atomic E-state index is 6.09. The Hall–Kier alpha value is -0.730. The predicted molar refractivity (Wildman–Crippen MR) is 70.3 cm³/mol. The molecule has 0 saturated carbocycles. The second-order valence-corrected chi connectivity index (χ2v) is 4.89. The fraction of sp³-hybridized carbons (Fsp3) is 0.538. The summed E-state index contributed by atoms with van der Waals surface area (Å²) in [5.74, 6) is 0.791. The quantitative estimate of drug-likeness (QED) is 0.846. The van der Waals surface area contributed by atoms with Gasteiger partial charge in [-0.2, -0.15) is 0 Å². The van der Waals surface area contributed by atoms with Crippen LogP contribution in [0.2, 0.25) is 5.02 Å². The van der Waals surface area contributed by atoms with E-state index < -0.39 is 0 Å². The van der Waals surface area contributed by atoms with Gasteiger partial charge in [0, 0.05) is 17.3 Å². The lowest BCUT2D eigenvalue weighted by Gasteiger charge is -2.23. The van der Waals surface area contributed by atoms with Crippen molar-refractivity contribution in [3.05, 3.63) is 28.8 Å². The third-order valence-electron chi connectivity index (χ3n) is 3.31. The van der Waals surface area contributed by atoms with E-state index in [1.165, 1.54) is 18.5 Å². The Kier molecular flexibility index (Phi) is 4.08. The van der Waals surface area contributed by atoms with Gasteiger partial charge in [0.25, 0.3) is 0 Å². The molecule has 0 radical (unpaired) electrons. The maximum absolute atomic E-state index is 6.09. The van der Waals surface area contributed by atoms with Gasteiger partial charge < -0.3 is 10.6 Å². The first-order valence-corrected chi connectivity index (χ1v) is 6.35. The zero-order chi connectivity index (χ0) is 11.4. The Balaban J connectivity index is 1.91. The zero-order valence-corrected chi connectivity index (χ0v) is 10.5. The number of anilines is 1. The smallest absolute Gasteiger partial charge is 0.0455 e. The van der Waals surface area contributed by atoms with Gasteiger partial charge in [-0.25, -0.2) is 0 Å². The van der Waals surface area contributed by atoms with Crippen molar-refractivity contribution in [1.29, 1.82) is 0 Å². The van der Waals surface area contributed by atoms with Crippen LogP contribution in [0.4, 0.5) is 5.69 Å². The lowest BCUT2D eigenvalue weighted by molar-refractivity contribution is 0.390. The molecule has 88 valence electrons. The van der Waals surface area contributed by atoms with Gasteiger partial charge in [0.05, 0.1) is 0 Å². The molecule has 0 unspecified atom stereocenters. The Morgan fingerprint density at radius 3 is 2.88 bits per heavy atom. The second-order valence-electron chi connectivity index (χ2n) is 4.49. The number of benzene rings is 1. The molecule has 1 heterocycles. The molecule has 0 spiro atoms. The van der Waals surface area contributed by atoms with Gasteiger partial charge in [0.15, 0.2) is 0 Å². The van der Waals surface area contributed by atoms with Crippen molar-refractivity contribution in [2.24, 2.45) is 5.92 Å². The van der Waals surface area contributed by atoms with Crippen LogP contribution >= 0.6 is 11.6 Å². The average Bonchev–Trinajstić information content (AvgIpc) is 2.32. The Morgan fingerprint density at radius 2 is 2.12 bits per heavy atom. The van der Waals surface area contributed by atoms with Crippen LogP contribution in [-0.2, 0) is 0 Å². The molecule has 1 aliphatic rings. The van der Waals surface area contributed by atoms with Crippen LogP contribution in [0, 0.1) is 12.8 Å². The van der Waals surface area contributed by atoms with Crippen LogP contribution in [-0.4, -0.2) is 19.6 Å². The zero-order valence-electron chi connectivity index (χ0n) is 9.72. The summed E-state index contributed by atoms with van der Waals surface area (Å²) in [6, 6.07) is 6.04. The molecule has 2 nitrogen and oxygen atoms in total. The van der Waals surface area contributed by atoms with Gasteiger partial charge in [-0.15, -0.1) is 0 Å². The molecule has 16 heavy (non-hydrogen) atoms. The fourth-order valence-electron chi connectivity index (χ4n) is 2.14. The average molecular weight is 239 g/mol. The number of piperidine rings is 1. The summed E-state index contributed by atoms with van der Waals surface area (Å²) < 4.78 is 0. The van der Waals surface area contributed by atoms with E-state index in [1.54, 1.807) is 0 Å². The molecule has 0 atom stereocenters. The van der Waals surface area contributed by atoms with Gasteiger partial charge >= 0.3 is 0 Å². The Bertz CT molecular complexity index is 346. The predicted octanol–water partition coefficient (Wildman–Crippen LogP) is 3.06. The van der Waals surface area contributed by atoms with Gasteiger partial charge in [-0.3, -0.25) is 0 Å². The highest BCUT2D eigenvalue weighted by atomic mass is 35.5. The standard InChI is InChI=1S/C13H19ClN2/c1-10-12(14)3-2-4-13(10)16-9-11-5-7-15-8-6-11/h2-4,11,15-16H,5-9H2,1H3. The molecule has 1 fully saturated rings. The highest BCUT2D eigenvalue weighted by Crippen LogP contribution is 2.23. The lowest BCUT2D eigenvalue weighted by Crippen LogP contribution is -2.31. The van der Waals surface area contributed by atoms with Crippen molar-refractivity contribution < 1.29 is 0 Å². The Labute approximate surface area is 102 Å². The summed E-state index contributed by atoms with van der Waals surface area (Å²) in [6.45, 7) is 5.43. The molecule has 3 heteroatoms. The van der Waals surface area contributed by atoms with E-state index in [-0.39, 0.29) is 0 Å². The van der Waals surface area contributed by atoms with Crippen LogP contribution in [0.1, 0.15) is 18.4 Å². The minimum Gasteiger partial charge on any atom is -0.385 e. The second kappa shape index (κ2) is 5.55. The molecule has 0 aromatic heterocycles. The van der Waals surface area contributed by atoms with Crippen molar-refractivity contribution in [1.82, 2.24) is 5.32 Å². The molecule has 0 amide bonds. The molecule has 2 N–H and O–H groups in total. The number of rotatable bonds is 3. The van der Waals surface area contributed by atoms with E-state index >= 15 is 0 Å². The summed E-state index contributed by atoms with van der Waals surface area (Å²) in [6.07, 6.45) is 2.54. The maximum Gasteiger partial charge on any atom is 0.0455 e. The molecule has 2 rings (SSSR count). The van der Waals surface area contributed by atoms with Crippen LogP contribution in [0.5, 0.6) is 0 Å². The number of nitrogens with one attached hydrogen (secondary N) is 2. The van der Waals surface area contributed by atoms with Gasteiger partial charge in [-0.1, -0.05) is 17.7 Å². The van der Waals surface area contributed by atoms with Gasteiger partial charge in [0.1, 0.15) is 0 Å². The first-order valence-electron chi connectivity index (χ1n) is 5.97. The van der Waals surface area contributed by atoms with Crippen molar-refractivity contribution in [2.75, 3.05) is 25.0 Å². The largest absolute Gasteiger partial charge is 0.385 e. The van der Waals surface area contributed by atoms with E-state index in [0.29, 0.717) is 0 Å². The summed E-state index contributed by atoms with van der Waals surface area (Å²) in [4.78, 5) is 0. The molecular formula is C13H19ClN2. The van der Waals surface area contributed by atoms with Crippen molar-refractivity contribution in [2.45, 2.75) is 19.8 Å². The van der Waals surface area contributed by atoms with Crippen LogP contribution in [0.15, 0.2) is 18.2 Å². The lowest BCUT2D eigenvalue weighted by atomic mass is 9.98. The van der Waals surface area contributed by atoms with E-state index in [0.717, 1.165) is 36.1 Å².